The number of carbonyl (C=O) groups is 2. The first kappa shape index (κ1) is 31.5. The van der Waals surface area contributed by atoms with Crippen molar-refractivity contribution in [2.75, 3.05) is 13.6 Å². The molecule has 0 aliphatic heterocycles. The van der Waals surface area contributed by atoms with Gasteiger partial charge in [0.1, 0.15) is 6.04 Å². The molecule has 3 aromatic rings. The first-order valence-electron chi connectivity index (χ1n) is 13.3. The van der Waals surface area contributed by atoms with E-state index in [1.807, 2.05) is 75.4 Å². The van der Waals surface area contributed by atoms with E-state index in [0.29, 0.717) is 12.8 Å². The van der Waals surface area contributed by atoms with Crippen LogP contribution < -0.4 is 5.32 Å². The predicted octanol–water partition coefficient (Wildman–Crippen LogP) is 5.40. The van der Waals surface area contributed by atoms with E-state index in [1.165, 1.54) is 11.4 Å². The molecule has 3 aromatic carbocycles. The van der Waals surface area contributed by atoms with Crippen molar-refractivity contribution in [2.24, 2.45) is 0 Å². The Bertz CT molecular complexity index is 1360. The molecule has 1 unspecified atom stereocenters. The number of hydrogen-bond acceptors (Lipinski definition) is 4. The summed E-state index contributed by atoms with van der Waals surface area (Å²) in [6.07, 6.45) is 0.768. The van der Waals surface area contributed by atoms with Crippen LogP contribution in [0.2, 0.25) is 0 Å². The highest BCUT2D eigenvalue weighted by Gasteiger charge is 2.32. The number of amides is 2. The van der Waals surface area contributed by atoms with Crippen molar-refractivity contribution < 1.29 is 18.0 Å². The minimum Gasteiger partial charge on any atom is -0.350 e. The van der Waals surface area contributed by atoms with Crippen LogP contribution in [0.15, 0.2) is 94.3 Å². The van der Waals surface area contributed by atoms with Gasteiger partial charge in [0.2, 0.25) is 21.8 Å². The van der Waals surface area contributed by atoms with Crippen LogP contribution in [0.1, 0.15) is 44.7 Å². The standard InChI is InChI=1S/C31H38BrN3O4S/c1-31(2,3)33-30(37)28(22-24-12-7-5-8-13-24)35(23-25-17-19-26(32)20-18-25)29(36)16-11-21-34(4)40(38,39)27-14-9-6-10-15-27/h5-10,12-15,17-20,28H,11,16,21-23H2,1-4H3,(H,33,37). The van der Waals surface area contributed by atoms with Gasteiger partial charge in [-0.1, -0.05) is 76.6 Å². The Labute approximate surface area is 246 Å². The Hall–Kier alpha value is -3.01. The van der Waals surface area contributed by atoms with E-state index in [0.717, 1.165) is 15.6 Å². The fourth-order valence-electron chi connectivity index (χ4n) is 4.28. The molecule has 0 saturated carbocycles. The van der Waals surface area contributed by atoms with Gasteiger partial charge in [0.05, 0.1) is 4.90 Å². The molecular formula is C31H38BrN3O4S. The van der Waals surface area contributed by atoms with Crippen molar-refractivity contribution in [3.05, 3.63) is 101 Å². The van der Waals surface area contributed by atoms with Crippen molar-refractivity contribution in [1.82, 2.24) is 14.5 Å². The monoisotopic (exact) mass is 627 g/mol. The highest BCUT2D eigenvalue weighted by Crippen LogP contribution is 2.20. The Kier molecular flexibility index (Phi) is 11.1. The summed E-state index contributed by atoms with van der Waals surface area (Å²) < 4.78 is 28.0. The highest BCUT2D eigenvalue weighted by molar-refractivity contribution is 9.10. The number of carbonyl (C=O) groups excluding carboxylic acids is 2. The van der Waals surface area contributed by atoms with Crippen LogP contribution in [-0.4, -0.2) is 54.6 Å². The minimum absolute atomic E-state index is 0.0965. The van der Waals surface area contributed by atoms with Crippen LogP contribution in [0.4, 0.5) is 0 Å². The van der Waals surface area contributed by atoms with E-state index < -0.39 is 21.6 Å². The third-order valence-electron chi connectivity index (χ3n) is 6.35. The molecule has 1 N–H and O–H groups in total. The van der Waals surface area contributed by atoms with E-state index in [1.54, 1.807) is 35.2 Å². The van der Waals surface area contributed by atoms with Gasteiger partial charge in [-0.15, -0.1) is 0 Å². The zero-order valence-electron chi connectivity index (χ0n) is 23.5. The van der Waals surface area contributed by atoms with Crippen LogP contribution in [0.25, 0.3) is 0 Å². The molecular weight excluding hydrogens is 590 g/mol. The fourth-order valence-corrected chi connectivity index (χ4v) is 5.78. The van der Waals surface area contributed by atoms with E-state index in [-0.39, 0.29) is 36.2 Å². The molecule has 214 valence electrons. The smallest absolute Gasteiger partial charge is 0.243 e. The first-order chi connectivity index (χ1) is 18.9. The quantitative estimate of drug-likeness (QED) is 0.291. The third-order valence-corrected chi connectivity index (χ3v) is 8.75. The molecule has 3 rings (SSSR count). The van der Waals surface area contributed by atoms with Crippen molar-refractivity contribution in [2.45, 2.75) is 63.1 Å². The largest absolute Gasteiger partial charge is 0.350 e. The van der Waals surface area contributed by atoms with Gasteiger partial charge in [0.15, 0.2) is 0 Å². The van der Waals surface area contributed by atoms with E-state index in [9.17, 15) is 18.0 Å². The number of nitrogens with zero attached hydrogens (tertiary/aromatic N) is 2. The van der Waals surface area contributed by atoms with E-state index in [2.05, 4.69) is 21.2 Å². The molecule has 0 aliphatic carbocycles. The van der Waals surface area contributed by atoms with Gasteiger partial charge >= 0.3 is 0 Å². The normalized spacial score (nSPS) is 12.7. The second kappa shape index (κ2) is 14.1. The fraction of sp³-hybridized carbons (Fsp3) is 0.355. The van der Waals surface area contributed by atoms with Crippen LogP contribution in [0.5, 0.6) is 0 Å². The molecule has 40 heavy (non-hydrogen) atoms. The lowest BCUT2D eigenvalue weighted by Gasteiger charge is -2.34. The van der Waals surface area contributed by atoms with Crippen LogP contribution in [-0.2, 0) is 32.6 Å². The molecule has 0 fully saturated rings. The molecule has 0 aromatic heterocycles. The van der Waals surface area contributed by atoms with Gasteiger partial charge in [-0.05, 0) is 62.6 Å². The average molecular weight is 629 g/mol. The van der Waals surface area contributed by atoms with Crippen LogP contribution in [0, 0.1) is 0 Å². The van der Waals surface area contributed by atoms with Gasteiger partial charge in [-0.2, -0.15) is 0 Å². The van der Waals surface area contributed by atoms with E-state index in [4.69, 9.17) is 0 Å². The summed E-state index contributed by atoms with van der Waals surface area (Å²) in [4.78, 5) is 29.2. The summed E-state index contributed by atoms with van der Waals surface area (Å²) in [7, 11) is -2.15. The molecule has 1 atom stereocenters. The lowest BCUT2D eigenvalue weighted by Crippen LogP contribution is -2.54. The maximum atomic E-state index is 13.8. The van der Waals surface area contributed by atoms with Crippen LogP contribution in [0.3, 0.4) is 0 Å². The van der Waals surface area contributed by atoms with Gasteiger partial charge in [0.25, 0.3) is 0 Å². The Morgan fingerprint density at radius 2 is 1.45 bits per heavy atom. The maximum Gasteiger partial charge on any atom is 0.243 e. The number of halogens is 1. The zero-order chi connectivity index (χ0) is 29.3. The maximum absolute atomic E-state index is 13.8. The summed E-state index contributed by atoms with van der Waals surface area (Å²) in [5, 5.41) is 3.05. The predicted molar refractivity (Wildman–Crippen MR) is 162 cm³/mol. The molecule has 7 nitrogen and oxygen atoms in total. The van der Waals surface area contributed by atoms with E-state index >= 15 is 0 Å². The van der Waals surface area contributed by atoms with Gasteiger partial charge in [-0.3, -0.25) is 9.59 Å². The molecule has 9 heteroatoms. The Morgan fingerprint density at radius 3 is 2.02 bits per heavy atom. The average Bonchev–Trinajstić information content (AvgIpc) is 2.91. The third kappa shape index (κ3) is 9.28. The van der Waals surface area contributed by atoms with Crippen molar-refractivity contribution in [1.29, 1.82) is 0 Å². The van der Waals surface area contributed by atoms with Crippen molar-refractivity contribution in [3.8, 4) is 0 Å². The van der Waals surface area contributed by atoms with Crippen molar-refractivity contribution >= 4 is 37.8 Å². The summed E-state index contributed by atoms with van der Waals surface area (Å²) >= 11 is 3.45. The second-order valence-corrected chi connectivity index (χ2v) is 13.8. The molecule has 0 aliphatic rings. The summed E-state index contributed by atoms with van der Waals surface area (Å²) in [5.74, 6) is -0.441. The number of hydrogen-bond donors (Lipinski definition) is 1. The molecule has 0 saturated heterocycles. The summed E-state index contributed by atoms with van der Waals surface area (Å²) in [6, 6.07) is 24.8. The first-order valence-corrected chi connectivity index (χ1v) is 15.5. The minimum atomic E-state index is -3.66. The van der Waals surface area contributed by atoms with Crippen LogP contribution >= 0.6 is 15.9 Å². The SMILES string of the molecule is CN(CCCC(=O)N(Cc1ccc(Br)cc1)C(Cc1ccccc1)C(=O)NC(C)(C)C)S(=O)(=O)c1ccccc1. The second-order valence-electron chi connectivity index (χ2n) is 10.8. The summed E-state index contributed by atoms with van der Waals surface area (Å²) in [5.41, 5.74) is 1.35. The highest BCUT2D eigenvalue weighted by atomic mass is 79.9. The van der Waals surface area contributed by atoms with Gasteiger partial charge in [-0.25, -0.2) is 12.7 Å². The van der Waals surface area contributed by atoms with Gasteiger partial charge < -0.3 is 10.2 Å². The Balaban J connectivity index is 1.84. The lowest BCUT2D eigenvalue weighted by molar-refractivity contribution is -0.142. The number of sulfonamides is 1. The molecule has 0 radical (unpaired) electrons. The molecule has 2 amide bonds. The number of rotatable bonds is 12. The number of benzene rings is 3. The number of nitrogens with one attached hydrogen (secondary N) is 1. The Morgan fingerprint density at radius 1 is 0.875 bits per heavy atom. The van der Waals surface area contributed by atoms with Crippen molar-refractivity contribution in [3.63, 3.8) is 0 Å². The molecule has 0 bridgehead atoms. The summed E-state index contributed by atoms with van der Waals surface area (Å²) in [6.45, 7) is 6.16. The molecule has 0 spiro atoms. The molecule has 0 heterocycles. The van der Waals surface area contributed by atoms with Gasteiger partial charge in [0, 0.05) is 43.0 Å². The lowest BCUT2D eigenvalue weighted by atomic mass is 10.00. The zero-order valence-corrected chi connectivity index (χ0v) is 25.9. The topological polar surface area (TPSA) is 86.8 Å².